The molecule has 1 aromatic heterocycles. The van der Waals surface area contributed by atoms with Crippen LogP contribution in [0.2, 0.25) is 0 Å². The summed E-state index contributed by atoms with van der Waals surface area (Å²) in [5.74, 6) is -1.08. The highest BCUT2D eigenvalue weighted by atomic mass is 16.4. The summed E-state index contributed by atoms with van der Waals surface area (Å²) in [4.78, 5) is 24.8. The summed E-state index contributed by atoms with van der Waals surface area (Å²) in [7, 11) is 0. The largest absolute Gasteiger partial charge is 0.481 e. The predicted molar refractivity (Wildman–Crippen MR) is 91.1 cm³/mol. The Balaban J connectivity index is 2.00. The summed E-state index contributed by atoms with van der Waals surface area (Å²) in [6, 6.07) is 1.84. The number of hydrogen-bond acceptors (Lipinski definition) is 3. The van der Waals surface area contributed by atoms with Gasteiger partial charge in [-0.1, -0.05) is 32.9 Å². The van der Waals surface area contributed by atoms with Gasteiger partial charge >= 0.3 is 5.97 Å². The molecule has 1 heterocycles. The molecule has 130 valence electrons. The van der Waals surface area contributed by atoms with Gasteiger partial charge in [-0.05, 0) is 36.7 Å². The SMILES string of the molecule is C[C@@H]1C[C@H](C)C(=O)[C@@H]2[C@@H](/C=C/c3ccoc3)[C@H](C(=O)O)CC[C@@]12C. The van der Waals surface area contributed by atoms with E-state index in [2.05, 4.69) is 13.8 Å². The van der Waals surface area contributed by atoms with E-state index in [-0.39, 0.29) is 29.0 Å². The zero-order chi connectivity index (χ0) is 17.5. The average molecular weight is 330 g/mol. The summed E-state index contributed by atoms with van der Waals surface area (Å²) in [6.07, 6.45) is 9.40. The van der Waals surface area contributed by atoms with Crippen molar-refractivity contribution in [2.75, 3.05) is 0 Å². The second-order valence-corrected chi connectivity index (χ2v) is 7.90. The van der Waals surface area contributed by atoms with Gasteiger partial charge in [0.05, 0.1) is 18.4 Å². The number of aliphatic carboxylic acids is 1. The van der Waals surface area contributed by atoms with Crippen LogP contribution in [0.3, 0.4) is 0 Å². The summed E-state index contributed by atoms with van der Waals surface area (Å²) >= 11 is 0. The highest BCUT2D eigenvalue weighted by Crippen LogP contribution is 2.57. The van der Waals surface area contributed by atoms with Crippen molar-refractivity contribution in [2.45, 2.75) is 40.0 Å². The van der Waals surface area contributed by atoms with Crippen LogP contribution in [0, 0.1) is 35.0 Å². The molecule has 1 N–H and O–H groups in total. The molecule has 2 aliphatic rings. The lowest BCUT2D eigenvalue weighted by atomic mass is 9.48. The van der Waals surface area contributed by atoms with E-state index in [0.29, 0.717) is 12.3 Å². The fourth-order valence-corrected chi connectivity index (χ4v) is 4.90. The maximum atomic E-state index is 13.0. The molecule has 0 aliphatic heterocycles. The molecule has 2 fully saturated rings. The number of carbonyl (C=O) groups is 2. The van der Waals surface area contributed by atoms with Crippen LogP contribution in [0.15, 0.2) is 29.1 Å². The minimum Gasteiger partial charge on any atom is -0.481 e. The van der Waals surface area contributed by atoms with Crippen molar-refractivity contribution in [1.29, 1.82) is 0 Å². The van der Waals surface area contributed by atoms with Gasteiger partial charge in [0.2, 0.25) is 0 Å². The number of rotatable bonds is 3. The maximum Gasteiger partial charge on any atom is 0.307 e. The minimum atomic E-state index is -0.794. The van der Waals surface area contributed by atoms with Crippen LogP contribution in [0.1, 0.15) is 45.6 Å². The first-order valence-electron chi connectivity index (χ1n) is 8.81. The Morgan fingerprint density at radius 3 is 2.79 bits per heavy atom. The number of furan rings is 1. The molecule has 0 saturated heterocycles. The van der Waals surface area contributed by atoms with Crippen LogP contribution in [-0.4, -0.2) is 16.9 Å². The van der Waals surface area contributed by atoms with Crippen LogP contribution in [0.4, 0.5) is 0 Å². The highest BCUT2D eigenvalue weighted by Gasteiger charge is 2.56. The van der Waals surface area contributed by atoms with Gasteiger partial charge in [0.25, 0.3) is 0 Å². The molecule has 4 nitrogen and oxygen atoms in total. The van der Waals surface area contributed by atoms with Crippen molar-refractivity contribution in [2.24, 2.45) is 35.0 Å². The van der Waals surface area contributed by atoms with Crippen molar-refractivity contribution >= 4 is 17.8 Å². The van der Waals surface area contributed by atoms with Gasteiger partial charge in [-0.25, -0.2) is 0 Å². The molecule has 0 radical (unpaired) electrons. The molecule has 3 rings (SSSR count). The van der Waals surface area contributed by atoms with Crippen molar-refractivity contribution in [3.8, 4) is 0 Å². The van der Waals surface area contributed by atoms with E-state index in [1.807, 2.05) is 25.1 Å². The van der Waals surface area contributed by atoms with Gasteiger partial charge in [-0.15, -0.1) is 0 Å². The first-order chi connectivity index (χ1) is 11.3. The first-order valence-corrected chi connectivity index (χ1v) is 8.81. The molecule has 0 aromatic carbocycles. The van der Waals surface area contributed by atoms with E-state index in [1.54, 1.807) is 12.5 Å². The number of hydrogen-bond donors (Lipinski definition) is 1. The molecule has 4 heteroatoms. The first kappa shape index (κ1) is 17.0. The number of Topliss-reactive ketones (excluding diaryl/α,β-unsaturated/α-hetero) is 1. The van der Waals surface area contributed by atoms with Crippen LogP contribution < -0.4 is 0 Å². The second kappa shape index (κ2) is 6.23. The van der Waals surface area contributed by atoms with E-state index in [4.69, 9.17) is 4.42 Å². The third-order valence-corrected chi connectivity index (χ3v) is 6.55. The van der Waals surface area contributed by atoms with Gasteiger partial charge in [0.15, 0.2) is 0 Å². The van der Waals surface area contributed by atoms with Crippen LogP contribution >= 0.6 is 0 Å². The van der Waals surface area contributed by atoms with E-state index in [1.165, 1.54) is 0 Å². The van der Waals surface area contributed by atoms with E-state index in [9.17, 15) is 14.7 Å². The van der Waals surface area contributed by atoms with Gasteiger partial charge in [-0.3, -0.25) is 9.59 Å². The number of allylic oxidation sites excluding steroid dienone is 1. The summed E-state index contributed by atoms with van der Waals surface area (Å²) in [6.45, 7) is 6.39. The summed E-state index contributed by atoms with van der Waals surface area (Å²) in [5, 5.41) is 9.69. The monoisotopic (exact) mass is 330 g/mol. The second-order valence-electron chi connectivity index (χ2n) is 7.90. The normalized spacial score (nSPS) is 39.8. The minimum absolute atomic E-state index is 0.00967. The zero-order valence-electron chi connectivity index (χ0n) is 14.6. The fourth-order valence-electron chi connectivity index (χ4n) is 4.90. The van der Waals surface area contributed by atoms with Gasteiger partial charge < -0.3 is 9.52 Å². The lowest BCUT2D eigenvalue weighted by Gasteiger charge is -2.54. The maximum absolute atomic E-state index is 13.0. The number of carboxylic acids is 1. The molecule has 24 heavy (non-hydrogen) atoms. The zero-order valence-corrected chi connectivity index (χ0v) is 14.6. The van der Waals surface area contributed by atoms with E-state index >= 15 is 0 Å². The van der Waals surface area contributed by atoms with Crippen molar-refractivity contribution in [3.05, 3.63) is 30.2 Å². The lowest BCUT2D eigenvalue weighted by molar-refractivity contribution is -0.157. The Kier molecular flexibility index (Phi) is 4.41. The number of carbonyl (C=O) groups excluding carboxylic acids is 1. The topological polar surface area (TPSA) is 67.5 Å². The molecule has 0 amide bonds. The molecular formula is C20H26O4. The van der Waals surface area contributed by atoms with Crippen LogP contribution in [0.5, 0.6) is 0 Å². The molecule has 1 aromatic rings. The fraction of sp³-hybridized carbons (Fsp3) is 0.600. The summed E-state index contributed by atoms with van der Waals surface area (Å²) < 4.78 is 5.08. The molecule has 0 unspecified atom stereocenters. The number of carboxylic acid groups (broad SMARTS) is 1. The van der Waals surface area contributed by atoms with E-state index in [0.717, 1.165) is 18.4 Å². The Morgan fingerprint density at radius 2 is 2.17 bits per heavy atom. The van der Waals surface area contributed by atoms with Gasteiger partial charge in [-0.2, -0.15) is 0 Å². The Labute approximate surface area is 142 Å². The standard InChI is InChI=1S/C20H26O4/c1-12-10-13(2)20(3)8-6-16(19(22)23)15(17(20)18(12)21)5-4-14-7-9-24-11-14/h4-5,7,9,11-13,15-17H,6,8,10H2,1-3H3,(H,22,23)/b5-4+/t12-,13+,15-,16+,17-,20-/m0/s1. The Hall–Kier alpha value is -1.84. The van der Waals surface area contributed by atoms with Crippen molar-refractivity contribution in [1.82, 2.24) is 0 Å². The van der Waals surface area contributed by atoms with E-state index < -0.39 is 11.9 Å². The Morgan fingerprint density at radius 1 is 1.42 bits per heavy atom. The average Bonchev–Trinajstić information content (AvgIpc) is 3.04. The Bertz CT molecular complexity index is 645. The molecule has 0 spiro atoms. The number of ketones is 1. The third kappa shape index (κ3) is 2.72. The summed E-state index contributed by atoms with van der Waals surface area (Å²) in [5.41, 5.74) is 0.789. The van der Waals surface area contributed by atoms with Crippen LogP contribution in [-0.2, 0) is 9.59 Å². The van der Waals surface area contributed by atoms with Crippen molar-refractivity contribution in [3.63, 3.8) is 0 Å². The molecule has 0 bridgehead atoms. The molecule has 6 atom stereocenters. The van der Waals surface area contributed by atoms with Crippen molar-refractivity contribution < 1.29 is 19.1 Å². The highest BCUT2D eigenvalue weighted by molar-refractivity contribution is 5.87. The molecule has 2 saturated carbocycles. The molecule has 2 aliphatic carbocycles. The predicted octanol–water partition coefficient (Wildman–Crippen LogP) is 4.27. The number of fused-ring (bicyclic) bond motifs is 1. The lowest BCUT2D eigenvalue weighted by Crippen LogP contribution is -2.54. The molecular weight excluding hydrogens is 304 g/mol. The quantitative estimate of drug-likeness (QED) is 0.898. The smallest absolute Gasteiger partial charge is 0.307 e. The van der Waals surface area contributed by atoms with Crippen LogP contribution in [0.25, 0.3) is 6.08 Å². The van der Waals surface area contributed by atoms with Gasteiger partial charge in [0, 0.05) is 23.3 Å². The van der Waals surface area contributed by atoms with Gasteiger partial charge in [0.1, 0.15) is 5.78 Å². The third-order valence-electron chi connectivity index (χ3n) is 6.55.